The molecule has 1 N–H and O–H groups in total. The van der Waals surface area contributed by atoms with Crippen molar-refractivity contribution < 1.29 is 4.74 Å². The molecular formula is C14H22N2O. The van der Waals surface area contributed by atoms with Crippen molar-refractivity contribution in [2.75, 3.05) is 11.9 Å². The largest absolute Gasteiger partial charge is 0.374 e. The van der Waals surface area contributed by atoms with Gasteiger partial charge in [0.25, 0.3) is 0 Å². The lowest BCUT2D eigenvalue weighted by molar-refractivity contribution is 0.0168. The molecule has 1 aliphatic rings. The van der Waals surface area contributed by atoms with E-state index in [1.165, 1.54) is 37.7 Å². The van der Waals surface area contributed by atoms with Crippen LogP contribution in [0.4, 0.5) is 5.82 Å². The summed E-state index contributed by atoms with van der Waals surface area (Å²) in [5, 5.41) is 3.22. The maximum absolute atomic E-state index is 5.95. The van der Waals surface area contributed by atoms with Crippen LogP contribution in [-0.2, 0) is 11.3 Å². The van der Waals surface area contributed by atoms with Crippen molar-refractivity contribution in [2.45, 2.75) is 51.7 Å². The molecule has 0 aliphatic heterocycles. The molecule has 0 atom stereocenters. The summed E-state index contributed by atoms with van der Waals surface area (Å²) in [5.41, 5.74) is 1.21. The van der Waals surface area contributed by atoms with Crippen LogP contribution in [-0.4, -0.2) is 17.6 Å². The van der Waals surface area contributed by atoms with Crippen LogP contribution in [0.2, 0.25) is 0 Å². The first-order chi connectivity index (χ1) is 8.38. The summed E-state index contributed by atoms with van der Waals surface area (Å²) in [6.45, 7) is 3.69. The average Bonchev–Trinajstić information content (AvgIpc) is 2.39. The Morgan fingerprint density at radius 1 is 1.35 bits per heavy atom. The molecule has 0 spiro atoms. The van der Waals surface area contributed by atoms with Gasteiger partial charge in [-0.3, -0.25) is 0 Å². The second kappa shape index (κ2) is 6.60. The Bertz CT molecular complexity index is 335. The van der Waals surface area contributed by atoms with E-state index in [4.69, 9.17) is 4.74 Å². The Morgan fingerprint density at radius 3 is 2.94 bits per heavy atom. The number of rotatable bonds is 5. The molecule has 0 amide bonds. The van der Waals surface area contributed by atoms with Gasteiger partial charge in [0, 0.05) is 12.7 Å². The highest BCUT2D eigenvalue weighted by Gasteiger charge is 2.13. The highest BCUT2D eigenvalue weighted by Crippen LogP contribution is 2.21. The second-order valence-electron chi connectivity index (χ2n) is 4.65. The van der Waals surface area contributed by atoms with Gasteiger partial charge in [0.05, 0.1) is 12.7 Å². The van der Waals surface area contributed by atoms with Gasteiger partial charge >= 0.3 is 0 Å². The standard InChI is InChI=1S/C14H22N2O/c1-2-15-14-10-12(8-9-16-14)11-17-13-6-4-3-5-7-13/h8-10,13H,2-7,11H2,1H3,(H,15,16). The molecule has 0 aromatic carbocycles. The maximum atomic E-state index is 5.95. The first-order valence-electron chi connectivity index (χ1n) is 6.69. The zero-order valence-electron chi connectivity index (χ0n) is 10.6. The third kappa shape index (κ3) is 4.00. The van der Waals surface area contributed by atoms with Gasteiger partial charge in [-0.15, -0.1) is 0 Å². The van der Waals surface area contributed by atoms with Crippen molar-refractivity contribution >= 4 is 5.82 Å². The summed E-state index contributed by atoms with van der Waals surface area (Å²) in [4.78, 5) is 4.26. The smallest absolute Gasteiger partial charge is 0.126 e. The Hall–Kier alpha value is -1.09. The molecular weight excluding hydrogens is 212 g/mol. The number of nitrogens with one attached hydrogen (secondary N) is 1. The van der Waals surface area contributed by atoms with E-state index in [0.717, 1.165) is 12.4 Å². The Kier molecular flexibility index (Phi) is 4.80. The Labute approximate surface area is 104 Å². The van der Waals surface area contributed by atoms with Gasteiger partial charge in [0.2, 0.25) is 0 Å². The molecule has 1 aromatic heterocycles. The minimum absolute atomic E-state index is 0.472. The van der Waals surface area contributed by atoms with Crippen molar-refractivity contribution in [1.29, 1.82) is 0 Å². The highest BCUT2D eigenvalue weighted by atomic mass is 16.5. The maximum Gasteiger partial charge on any atom is 0.126 e. The quantitative estimate of drug-likeness (QED) is 0.848. The van der Waals surface area contributed by atoms with Crippen LogP contribution < -0.4 is 5.32 Å². The molecule has 2 rings (SSSR count). The molecule has 0 saturated heterocycles. The van der Waals surface area contributed by atoms with E-state index >= 15 is 0 Å². The van der Waals surface area contributed by atoms with Gasteiger partial charge in [-0.25, -0.2) is 4.98 Å². The predicted octanol–water partition coefficient (Wildman–Crippen LogP) is 3.36. The summed E-state index contributed by atoms with van der Waals surface area (Å²) >= 11 is 0. The zero-order chi connectivity index (χ0) is 11.9. The summed E-state index contributed by atoms with van der Waals surface area (Å²) < 4.78 is 5.95. The lowest BCUT2D eigenvalue weighted by Crippen LogP contribution is -2.16. The van der Waals surface area contributed by atoms with E-state index in [-0.39, 0.29) is 0 Å². The number of hydrogen-bond donors (Lipinski definition) is 1. The number of pyridine rings is 1. The Morgan fingerprint density at radius 2 is 2.18 bits per heavy atom. The van der Waals surface area contributed by atoms with Crippen LogP contribution in [0.25, 0.3) is 0 Å². The summed E-state index contributed by atoms with van der Waals surface area (Å²) in [7, 11) is 0. The molecule has 1 heterocycles. The molecule has 17 heavy (non-hydrogen) atoms. The normalized spacial score (nSPS) is 17.0. The molecule has 0 unspecified atom stereocenters. The topological polar surface area (TPSA) is 34.1 Å². The van der Waals surface area contributed by atoms with E-state index in [1.54, 1.807) is 0 Å². The number of nitrogens with zero attached hydrogens (tertiary/aromatic N) is 1. The summed E-state index contributed by atoms with van der Waals surface area (Å²) in [6, 6.07) is 4.11. The van der Waals surface area contributed by atoms with Gasteiger partial charge in [-0.05, 0) is 37.5 Å². The number of aromatic nitrogens is 1. The van der Waals surface area contributed by atoms with Gasteiger partial charge in [0.15, 0.2) is 0 Å². The zero-order valence-corrected chi connectivity index (χ0v) is 10.6. The van der Waals surface area contributed by atoms with Crippen LogP contribution in [0, 0.1) is 0 Å². The SMILES string of the molecule is CCNc1cc(COC2CCCCC2)ccn1. The first-order valence-corrected chi connectivity index (χ1v) is 6.69. The van der Waals surface area contributed by atoms with Crippen LogP contribution in [0.3, 0.4) is 0 Å². The minimum Gasteiger partial charge on any atom is -0.374 e. The fourth-order valence-electron chi connectivity index (χ4n) is 2.29. The van der Waals surface area contributed by atoms with Gasteiger partial charge in [-0.2, -0.15) is 0 Å². The van der Waals surface area contributed by atoms with Crippen LogP contribution >= 0.6 is 0 Å². The fourth-order valence-corrected chi connectivity index (χ4v) is 2.29. The second-order valence-corrected chi connectivity index (χ2v) is 4.65. The monoisotopic (exact) mass is 234 g/mol. The fraction of sp³-hybridized carbons (Fsp3) is 0.643. The lowest BCUT2D eigenvalue weighted by atomic mass is 9.98. The van der Waals surface area contributed by atoms with Crippen LogP contribution in [0.15, 0.2) is 18.3 Å². The molecule has 1 saturated carbocycles. The van der Waals surface area contributed by atoms with E-state index in [9.17, 15) is 0 Å². The summed E-state index contributed by atoms with van der Waals surface area (Å²) in [5.74, 6) is 0.942. The predicted molar refractivity (Wildman–Crippen MR) is 70.1 cm³/mol. The highest BCUT2D eigenvalue weighted by molar-refractivity contribution is 5.36. The average molecular weight is 234 g/mol. The van der Waals surface area contributed by atoms with Gasteiger partial charge in [0.1, 0.15) is 5.82 Å². The van der Waals surface area contributed by atoms with Gasteiger partial charge in [-0.1, -0.05) is 19.3 Å². The molecule has 1 aromatic rings. The minimum atomic E-state index is 0.472. The third-order valence-electron chi connectivity index (χ3n) is 3.22. The van der Waals surface area contributed by atoms with Crippen LogP contribution in [0.5, 0.6) is 0 Å². The number of anilines is 1. The number of ether oxygens (including phenoxy) is 1. The molecule has 1 fully saturated rings. The van der Waals surface area contributed by atoms with Crippen molar-refractivity contribution in [3.63, 3.8) is 0 Å². The van der Waals surface area contributed by atoms with Crippen molar-refractivity contribution in [2.24, 2.45) is 0 Å². The molecule has 0 radical (unpaired) electrons. The van der Waals surface area contributed by atoms with Crippen molar-refractivity contribution in [3.8, 4) is 0 Å². The van der Waals surface area contributed by atoms with E-state index in [0.29, 0.717) is 12.7 Å². The van der Waals surface area contributed by atoms with Crippen molar-refractivity contribution in [1.82, 2.24) is 4.98 Å². The van der Waals surface area contributed by atoms with Crippen molar-refractivity contribution in [3.05, 3.63) is 23.9 Å². The molecule has 94 valence electrons. The van der Waals surface area contributed by atoms with E-state index in [1.807, 2.05) is 12.3 Å². The molecule has 3 nitrogen and oxygen atoms in total. The number of hydrogen-bond acceptors (Lipinski definition) is 3. The molecule has 0 bridgehead atoms. The summed E-state index contributed by atoms with van der Waals surface area (Å²) in [6.07, 6.45) is 8.79. The molecule has 1 aliphatic carbocycles. The van der Waals surface area contributed by atoms with E-state index in [2.05, 4.69) is 23.3 Å². The first kappa shape index (κ1) is 12.4. The van der Waals surface area contributed by atoms with Gasteiger partial charge < -0.3 is 10.1 Å². The Balaban J connectivity index is 1.83. The van der Waals surface area contributed by atoms with Crippen LogP contribution in [0.1, 0.15) is 44.6 Å². The lowest BCUT2D eigenvalue weighted by Gasteiger charge is -2.22. The third-order valence-corrected chi connectivity index (χ3v) is 3.22. The molecule has 3 heteroatoms. The van der Waals surface area contributed by atoms with E-state index < -0.39 is 0 Å².